The van der Waals surface area contributed by atoms with E-state index >= 15 is 0 Å². The molecule has 1 saturated heterocycles. The van der Waals surface area contributed by atoms with Gasteiger partial charge in [0, 0.05) is 20.0 Å². The quantitative estimate of drug-likeness (QED) is 0.0352. The summed E-state index contributed by atoms with van der Waals surface area (Å²) in [5.74, 6) is -0.510. The number of hydrogen-bond acceptors (Lipinski definition) is 7. The van der Waals surface area contributed by atoms with Gasteiger partial charge in [-0.3, -0.25) is 13.8 Å². The van der Waals surface area contributed by atoms with E-state index in [0.717, 1.165) is 44.3 Å². The van der Waals surface area contributed by atoms with E-state index < -0.39 is 19.9 Å². The highest BCUT2D eigenvalue weighted by Crippen LogP contribution is 2.40. The molecule has 0 radical (unpaired) electrons. The lowest BCUT2D eigenvalue weighted by Crippen LogP contribution is -2.42. The van der Waals surface area contributed by atoms with E-state index in [1.165, 1.54) is 103 Å². The van der Waals surface area contributed by atoms with Gasteiger partial charge in [-0.1, -0.05) is 103 Å². The SMILES string of the molecule is CCCCCCCCCCCCCCCCCCOCC(COP(=O)([O-])OC=C1CCCC[N+]1(C)C)OC(C)=O. The van der Waals surface area contributed by atoms with Crippen LogP contribution in [0, 0.1) is 0 Å². The summed E-state index contributed by atoms with van der Waals surface area (Å²) in [6.45, 7) is 4.78. The van der Waals surface area contributed by atoms with E-state index in [2.05, 4.69) is 6.92 Å². The van der Waals surface area contributed by atoms with Crippen LogP contribution in [-0.4, -0.2) is 57.0 Å². The minimum Gasteiger partial charge on any atom is -0.746 e. The fourth-order valence-corrected chi connectivity index (χ4v) is 5.77. The molecule has 0 amide bonds. The van der Waals surface area contributed by atoms with Gasteiger partial charge in [0.15, 0.2) is 0 Å². The standard InChI is InChI=1S/C31H60NO7P/c1-5-6-7-8-9-10-11-12-13-14-15-16-17-18-19-22-25-36-27-31(39-29(2)33)28-38-40(34,35)37-26-30-23-20-21-24-32(30,3)4/h26,31H,5-25,27-28H2,1-4H3. The number of allylic oxidation sites excluding steroid dienone is 1. The maximum Gasteiger partial charge on any atom is 0.319 e. The van der Waals surface area contributed by atoms with Gasteiger partial charge in [0.25, 0.3) is 0 Å². The highest BCUT2D eigenvalue weighted by molar-refractivity contribution is 7.46. The number of carbonyl (C=O) groups excluding carboxylic acids is 1. The van der Waals surface area contributed by atoms with E-state index in [0.29, 0.717) is 11.1 Å². The molecule has 0 aromatic carbocycles. The second-order valence-electron chi connectivity index (χ2n) is 11.9. The number of carbonyl (C=O) groups is 1. The van der Waals surface area contributed by atoms with Gasteiger partial charge in [0.05, 0.1) is 33.9 Å². The maximum atomic E-state index is 12.3. The molecule has 0 N–H and O–H groups in total. The van der Waals surface area contributed by atoms with Crippen molar-refractivity contribution in [3.8, 4) is 0 Å². The third kappa shape index (κ3) is 20.0. The third-order valence-corrected chi connectivity index (χ3v) is 8.52. The number of quaternary nitrogens is 1. The topological polar surface area (TPSA) is 94.1 Å². The second-order valence-corrected chi connectivity index (χ2v) is 13.3. The molecule has 1 rings (SSSR count). The van der Waals surface area contributed by atoms with Crippen LogP contribution in [0.5, 0.6) is 0 Å². The Morgan fingerprint density at radius 2 is 1.40 bits per heavy atom. The Bertz CT molecular complexity index is 728. The zero-order valence-corrected chi connectivity index (χ0v) is 27.1. The van der Waals surface area contributed by atoms with Crippen molar-refractivity contribution in [2.45, 2.75) is 142 Å². The van der Waals surface area contributed by atoms with Crippen LogP contribution in [0.25, 0.3) is 0 Å². The van der Waals surface area contributed by atoms with Gasteiger partial charge < -0.3 is 23.4 Å². The molecular formula is C31H60NO7P. The first-order valence-electron chi connectivity index (χ1n) is 16.1. The Balaban J connectivity index is 2.08. The molecule has 1 fully saturated rings. The first-order valence-corrected chi connectivity index (χ1v) is 17.5. The fourth-order valence-electron chi connectivity index (χ4n) is 5.11. The predicted octanol–water partition coefficient (Wildman–Crippen LogP) is 7.80. The minimum absolute atomic E-state index is 0.0866. The van der Waals surface area contributed by atoms with Crippen molar-refractivity contribution in [1.82, 2.24) is 0 Å². The monoisotopic (exact) mass is 589 g/mol. The number of unbranched alkanes of at least 4 members (excludes halogenated alkanes) is 15. The maximum absolute atomic E-state index is 12.3. The Kier molecular flexibility index (Phi) is 21.0. The van der Waals surface area contributed by atoms with Crippen molar-refractivity contribution < 1.29 is 37.3 Å². The zero-order chi connectivity index (χ0) is 29.5. The molecule has 236 valence electrons. The van der Waals surface area contributed by atoms with Crippen molar-refractivity contribution in [1.29, 1.82) is 0 Å². The minimum atomic E-state index is -4.57. The van der Waals surface area contributed by atoms with Crippen molar-refractivity contribution >= 4 is 13.8 Å². The smallest absolute Gasteiger partial charge is 0.319 e. The van der Waals surface area contributed by atoms with Crippen LogP contribution >= 0.6 is 7.82 Å². The lowest BCUT2D eigenvalue weighted by molar-refractivity contribution is -0.858. The van der Waals surface area contributed by atoms with Crippen LogP contribution in [0.1, 0.15) is 136 Å². The summed E-state index contributed by atoms with van der Waals surface area (Å²) in [4.78, 5) is 23.7. The lowest BCUT2D eigenvalue weighted by atomic mass is 10.0. The summed E-state index contributed by atoms with van der Waals surface area (Å²) in [5.41, 5.74) is 0.907. The average Bonchev–Trinajstić information content (AvgIpc) is 2.90. The summed E-state index contributed by atoms with van der Waals surface area (Å²) in [6.07, 6.45) is 24.4. The average molecular weight is 590 g/mol. The number of rotatable bonds is 25. The highest BCUT2D eigenvalue weighted by atomic mass is 31.2. The normalized spacial score (nSPS) is 18.4. The van der Waals surface area contributed by atoms with Gasteiger partial charge in [-0.2, -0.15) is 0 Å². The van der Waals surface area contributed by atoms with Crippen LogP contribution in [0.2, 0.25) is 0 Å². The van der Waals surface area contributed by atoms with Crippen LogP contribution in [0.3, 0.4) is 0 Å². The lowest BCUT2D eigenvalue weighted by Gasteiger charge is -2.35. The molecule has 0 aromatic rings. The zero-order valence-electron chi connectivity index (χ0n) is 26.2. The van der Waals surface area contributed by atoms with Crippen molar-refractivity contribution in [3.05, 3.63) is 12.0 Å². The van der Waals surface area contributed by atoms with E-state index in [4.69, 9.17) is 18.5 Å². The summed E-state index contributed by atoms with van der Waals surface area (Å²) < 4.78 is 33.7. The molecule has 1 heterocycles. The number of likely N-dealkylation sites (tertiary alicyclic amines) is 1. The number of phosphoric ester groups is 1. The van der Waals surface area contributed by atoms with Crippen LogP contribution in [-0.2, 0) is 27.9 Å². The number of nitrogens with zero attached hydrogens (tertiary/aromatic N) is 1. The molecule has 40 heavy (non-hydrogen) atoms. The largest absolute Gasteiger partial charge is 0.746 e. The van der Waals surface area contributed by atoms with Gasteiger partial charge in [0.2, 0.25) is 0 Å². The molecule has 9 heteroatoms. The Morgan fingerprint density at radius 1 is 0.875 bits per heavy atom. The molecule has 0 aliphatic carbocycles. The first kappa shape index (κ1) is 37.1. The number of phosphoric acid groups is 1. The first-order chi connectivity index (χ1) is 19.2. The molecule has 2 unspecified atom stereocenters. The second kappa shape index (κ2) is 22.6. The highest BCUT2D eigenvalue weighted by Gasteiger charge is 2.27. The van der Waals surface area contributed by atoms with E-state index in [1.807, 2.05) is 14.1 Å². The molecule has 1 aliphatic heterocycles. The Hall–Kier alpha value is -0.920. The molecular weight excluding hydrogens is 529 g/mol. The summed E-state index contributed by atoms with van der Waals surface area (Å²) >= 11 is 0. The van der Waals surface area contributed by atoms with E-state index in [1.54, 1.807) is 0 Å². The Labute approximate surface area is 245 Å². The van der Waals surface area contributed by atoms with Crippen LogP contribution in [0.15, 0.2) is 12.0 Å². The number of hydrogen-bond donors (Lipinski definition) is 0. The molecule has 0 bridgehead atoms. The van der Waals surface area contributed by atoms with Gasteiger partial charge in [-0.15, -0.1) is 0 Å². The number of ether oxygens (including phenoxy) is 2. The van der Waals surface area contributed by atoms with Crippen molar-refractivity contribution in [3.63, 3.8) is 0 Å². The molecule has 2 atom stereocenters. The summed E-state index contributed by atoms with van der Waals surface area (Å²) in [6, 6.07) is 0. The van der Waals surface area contributed by atoms with Crippen LogP contribution < -0.4 is 4.89 Å². The van der Waals surface area contributed by atoms with Gasteiger partial charge in [0.1, 0.15) is 18.1 Å². The number of piperidine rings is 1. The van der Waals surface area contributed by atoms with Gasteiger partial charge in [-0.25, -0.2) is 0 Å². The van der Waals surface area contributed by atoms with Crippen molar-refractivity contribution in [2.24, 2.45) is 0 Å². The predicted molar refractivity (Wildman–Crippen MR) is 159 cm³/mol. The fraction of sp³-hybridized carbons (Fsp3) is 0.903. The third-order valence-electron chi connectivity index (χ3n) is 7.69. The molecule has 8 nitrogen and oxygen atoms in total. The van der Waals surface area contributed by atoms with Crippen LogP contribution in [0.4, 0.5) is 0 Å². The number of esters is 1. The molecule has 0 spiro atoms. The molecule has 0 aromatic heterocycles. The van der Waals surface area contributed by atoms with E-state index in [9.17, 15) is 14.3 Å². The van der Waals surface area contributed by atoms with Gasteiger partial charge in [-0.05, 0) is 19.3 Å². The van der Waals surface area contributed by atoms with Gasteiger partial charge >= 0.3 is 13.8 Å². The molecule has 0 saturated carbocycles. The van der Waals surface area contributed by atoms with E-state index in [-0.39, 0.29) is 13.2 Å². The summed E-state index contributed by atoms with van der Waals surface area (Å²) in [5, 5.41) is 0. The van der Waals surface area contributed by atoms with Crippen molar-refractivity contribution in [2.75, 3.05) is 40.5 Å². The molecule has 1 aliphatic rings. The Morgan fingerprint density at radius 3 is 1.90 bits per heavy atom. The summed E-state index contributed by atoms with van der Waals surface area (Å²) in [7, 11) is -0.522.